The average Bonchev–Trinajstić information content (AvgIpc) is 2.67. The summed E-state index contributed by atoms with van der Waals surface area (Å²) in [6, 6.07) is 0. The number of ether oxygens (including phenoxy) is 1. The second kappa shape index (κ2) is 6.23. The van der Waals surface area contributed by atoms with Crippen LogP contribution in [-0.4, -0.2) is 23.4 Å². The van der Waals surface area contributed by atoms with Crippen LogP contribution < -0.4 is 10.5 Å². The van der Waals surface area contributed by atoms with Gasteiger partial charge in [-0.25, -0.2) is 0 Å². The number of rotatable bonds is 4. The summed E-state index contributed by atoms with van der Waals surface area (Å²) in [5.41, 5.74) is 7.24. The van der Waals surface area contributed by atoms with Gasteiger partial charge in [0.05, 0.1) is 19.0 Å². The van der Waals surface area contributed by atoms with Gasteiger partial charge in [-0.2, -0.15) is 5.10 Å². The van der Waals surface area contributed by atoms with Gasteiger partial charge in [0.2, 0.25) is 0 Å². The van der Waals surface area contributed by atoms with Crippen molar-refractivity contribution in [1.29, 1.82) is 0 Å². The first-order chi connectivity index (χ1) is 8.81. The molecule has 0 amide bonds. The first-order valence-electron chi connectivity index (χ1n) is 7.11. The molecule has 0 saturated heterocycles. The summed E-state index contributed by atoms with van der Waals surface area (Å²) in [5, 5.41) is 4.43. The second-order valence-electron chi connectivity index (χ2n) is 5.15. The molecule has 1 heterocycles. The van der Waals surface area contributed by atoms with Crippen LogP contribution in [0.2, 0.25) is 0 Å². The smallest absolute Gasteiger partial charge is 0.160 e. The molecule has 4 heteroatoms. The molecule has 0 aliphatic heterocycles. The molecule has 0 bridgehead atoms. The van der Waals surface area contributed by atoms with Gasteiger partial charge in [-0.1, -0.05) is 19.3 Å². The number of hydrogen-bond donors (Lipinski definition) is 1. The van der Waals surface area contributed by atoms with Gasteiger partial charge in [-0.3, -0.25) is 4.68 Å². The van der Waals surface area contributed by atoms with Gasteiger partial charge in [-0.05, 0) is 32.2 Å². The predicted octanol–water partition coefficient (Wildman–Crippen LogP) is 2.53. The zero-order valence-corrected chi connectivity index (χ0v) is 11.6. The average molecular weight is 251 g/mol. The highest BCUT2D eigenvalue weighted by atomic mass is 16.5. The predicted molar refractivity (Wildman–Crippen MR) is 72.8 cm³/mol. The van der Waals surface area contributed by atoms with E-state index in [4.69, 9.17) is 10.5 Å². The van der Waals surface area contributed by atoms with Crippen molar-refractivity contribution in [1.82, 2.24) is 9.78 Å². The number of methoxy groups -OCH3 is 1. The minimum absolute atomic E-state index is 0.509. The lowest BCUT2D eigenvalue weighted by atomic mass is 9.85. The molecule has 18 heavy (non-hydrogen) atoms. The van der Waals surface area contributed by atoms with Crippen LogP contribution in [0.4, 0.5) is 0 Å². The molecular weight excluding hydrogens is 226 g/mol. The highest BCUT2D eigenvalue weighted by Crippen LogP contribution is 2.39. The van der Waals surface area contributed by atoms with Crippen LogP contribution in [0, 0.1) is 5.92 Å². The van der Waals surface area contributed by atoms with E-state index in [0.29, 0.717) is 11.8 Å². The van der Waals surface area contributed by atoms with Gasteiger partial charge >= 0.3 is 0 Å². The van der Waals surface area contributed by atoms with Crippen LogP contribution >= 0.6 is 0 Å². The van der Waals surface area contributed by atoms with Crippen molar-refractivity contribution in [2.45, 2.75) is 51.5 Å². The van der Waals surface area contributed by atoms with Crippen LogP contribution in [0.1, 0.15) is 50.6 Å². The molecule has 2 N–H and O–H groups in total. The Labute approximate surface area is 110 Å². The van der Waals surface area contributed by atoms with Gasteiger partial charge in [0.1, 0.15) is 0 Å². The van der Waals surface area contributed by atoms with E-state index < -0.39 is 0 Å². The van der Waals surface area contributed by atoms with Gasteiger partial charge in [0.15, 0.2) is 5.75 Å². The summed E-state index contributed by atoms with van der Waals surface area (Å²) in [6.45, 7) is 3.79. The van der Waals surface area contributed by atoms with Gasteiger partial charge in [0, 0.05) is 12.5 Å². The van der Waals surface area contributed by atoms with E-state index in [1.165, 1.54) is 37.8 Å². The summed E-state index contributed by atoms with van der Waals surface area (Å²) in [7, 11) is 1.73. The Balaban J connectivity index is 2.33. The van der Waals surface area contributed by atoms with Gasteiger partial charge in [-0.15, -0.1) is 0 Å². The van der Waals surface area contributed by atoms with E-state index in [-0.39, 0.29) is 0 Å². The van der Waals surface area contributed by atoms with Crippen LogP contribution in [0.3, 0.4) is 0 Å². The zero-order chi connectivity index (χ0) is 13.0. The number of nitrogens with two attached hydrogens (primary N) is 1. The fraction of sp³-hybridized carbons (Fsp3) is 0.786. The standard InChI is InChI=1S/C14H25N3O/c1-3-17-14(13(18-2)10-16-17)12-8-6-4-5-7-11(12)9-15/h10-12H,3-9,15H2,1-2H3. The van der Waals surface area contributed by atoms with Crippen LogP contribution in [0.5, 0.6) is 5.75 Å². The van der Waals surface area contributed by atoms with E-state index in [0.717, 1.165) is 18.8 Å². The van der Waals surface area contributed by atoms with Crippen molar-refractivity contribution in [3.63, 3.8) is 0 Å². The van der Waals surface area contributed by atoms with E-state index in [9.17, 15) is 0 Å². The third-order valence-electron chi connectivity index (χ3n) is 4.18. The second-order valence-corrected chi connectivity index (χ2v) is 5.15. The lowest BCUT2D eigenvalue weighted by Crippen LogP contribution is -2.23. The van der Waals surface area contributed by atoms with E-state index in [2.05, 4.69) is 16.7 Å². The Bertz CT molecular complexity index is 354. The number of aryl methyl sites for hydroxylation is 1. The molecule has 2 unspecified atom stereocenters. The first-order valence-corrected chi connectivity index (χ1v) is 7.11. The molecule has 102 valence electrons. The van der Waals surface area contributed by atoms with Crippen LogP contribution in [-0.2, 0) is 6.54 Å². The summed E-state index contributed by atoms with van der Waals surface area (Å²) >= 11 is 0. The SMILES string of the molecule is CCn1ncc(OC)c1C1CCCCCC1CN. The Morgan fingerprint density at radius 1 is 1.39 bits per heavy atom. The Morgan fingerprint density at radius 2 is 2.17 bits per heavy atom. The highest BCUT2D eigenvalue weighted by molar-refractivity contribution is 5.29. The molecule has 0 radical (unpaired) electrons. The van der Waals surface area contributed by atoms with Crippen molar-refractivity contribution < 1.29 is 4.74 Å². The van der Waals surface area contributed by atoms with Crippen molar-refractivity contribution in [2.24, 2.45) is 11.7 Å². The maximum Gasteiger partial charge on any atom is 0.160 e. The summed E-state index contributed by atoms with van der Waals surface area (Å²) in [5.74, 6) is 2.01. The molecule has 1 aliphatic carbocycles. The van der Waals surface area contributed by atoms with Crippen molar-refractivity contribution in [3.05, 3.63) is 11.9 Å². The fourth-order valence-electron chi connectivity index (χ4n) is 3.19. The molecule has 2 rings (SSSR count). The van der Waals surface area contributed by atoms with Crippen molar-refractivity contribution in [2.75, 3.05) is 13.7 Å². The van der Waals surface area contributed by atoms with E-state index in [1.54, 1.807) is 7.11 Å². The minimum atomic E-state index is 0.509. The largest absolute Gasteiger partial charge is 0.493 e. The Kier molecular flexibility index (Phi) is 4.64. The zero-order valence-electron chi connectivity index (χ0n) is 11.6. The lowest BCUT2D eigenvalue weighted by Gasteiger charge is -2.25. The van der Waals surface area contributed by atoms with Crippen LogP contribution in [0.25, 0.3) is 0 Å². The number of nitrogens with zero attached hydrogens (tertiary/aromatic N) is 2. The van der Waals surface area contributed by atoms with Crippen LogP contribution in [0.15, 0.2) is 6.20 Å². The first kappa shape index (κ1) is 13.4. The lowest BCUT2D eigenvalue weighted by molar-refractivity contribution is 0.356. The number of hydrogen-bond acceptors (Lipinski definition) is 3. The topological polar surface area (TPSA) is 53.1 Å². The molecule has 0 aromatic carbocycles. The van der Waals surface area contributed by atoms with Crippen molar-refractivity contribution >= 4 is 0 Å². The molecule has 1 aromatic rings. The molecule has 1 fully saturated rings. The Morgan fingerprint density at radius 3 is 2.83 bits per heavy atom. The van der Waals surface area contributed by atoms with E-state index >= 15 is 0 Å². The maximum atomic E-state index is 5.98. The van der Waals surface area contributed by atoms with Gasteiger partial charge in [0.25, 0.3) is 0 Å². The van der Waals surface area contributed by atoms with Gasteiger partial charge < -0.3 is 10.5 Å². The fourth-order valence-corrected chi connectivity index (χ4v) is 3.19. The Hall–Kier alpha value is -1.03. The van der Waals surface area contributed by atoms with Crippen molar-refractivity contribution in [3.8, 4) is 5.75 Å². The minimum Gasteiger partial charge on any atom is -0.493 e. The summed E-state index contributed by atoms with van der Waals surface area (Å²) in [4.78, 5) is 0. The molecule has 2 atom stereocenters. The molecule has 1 saturated carbocycles. The summed E-state index contributed by atoms with van der Waals surface area (Å²) in [6.07, 6.45) is 8.22. The molecule has 0 spiro atoms. The molecule has 1 aromatic heterocycles. The normalized spacial score (nSPS) is 24.8. The monoisotopic (exact) mass is 251 g/mol. The van der Waals surface area contributed by atoms with E-state index in [1.807, 2.05) is 6.20 Å². The summed E-state index contributed by atoms with van der Waals surface area (Å²) < 4.78 is 7.57. The number of aromatic nitrogens is 2. The quantitative estimate of drug-likeness (QED) is 0.837. The molecule has 1 aliphatic rings. The third-order valence-corrected chi connectivity index (χ3v) is 4.18. The molecule has 4 nitrogen and oxygen atoms in total. The highest BCUT2D eigenvalue weighted by Gasteiger charge is 2.29. The third kappa shape index (κ3) is 2.53. The maximum absolute atomic E-state index is 5.98. The molecular formula is C14H25N3O.